The van der Waals surface area contributed by atoms with Gasteiger partial charge < -0.3 is 0 Å². The van der Waals surface area contributed by atoms with Gasteiger partial charge in [0, 0.05) is 0 Å². The molecule has 0 aromatic heterocycles. The molecule has 0 aromatic carbocycles. The Morgan fingerprint density at radius 3 is 2.38 bits per heavy atom. The van der Waals surface area contributed by atoms with Crippen LogP contribution in [0.5, 0.6) is 0 Å². The van der Waals surface area contributed by atoms with Gasteiger partial charge in [0.2, 0.25) is 0 Å². The van der Waals surface area contributed by atoms with Crippen LogP contribution in [0.15, 0.2) is 0 Å². The SMILES string of the molecule is CC(C)CO[AsH](=O)Cl. The van der Waals surface area contributed by atoms with Crippen molar-refractivity contribution in [3.63, 3.8) is 0 Å². The Morgan fingerprint density at radius 1 is 1.75 bits per heavy atom. The Labute approximate surface area is 58.2 Å². The zero-order valence-corrected chi connectivity index (χ0v) is 7.83. The second-order valence-electron chi connectivity index (χ2n) is 1.94. The van der Waals surface area contributed by atoms with Crippen LogP contribution >= 0.6 is 9.95 Å². The average molecular weight is 200 g/mol. The standard InChI is InChI=1S/C4H10AsClO2/c1-4(2)3-8-5(6)7/h4-5H,3H2,1-2H3. The monoisotopic (exact) mass is 200 g/mol. The molecule has 0 aliphatic rings. The summed E-state index contributed by atoms with van der Waals surface area (Å²) in [5, 5.41) is 0. The first kappa shape index (κ1) is 8.61. The summed E-state index contributed by atoms with van der Waals surface area (Å²) >= 11 is -2.73. The molecular weight excluding hydrogens is 190 g/mol. The predicted molar refractivity (Wildman–Crippen MR) is 34.5 cm³/mol. The molecule has 0 aliphatic heterocycles. The molecule has 0 saturated carbocycles. The van der Waals surface area contributed by atoms with E-state index in [0.29, 0.717) is 12.5 Å². The summed E-state index contributed by atoms with van der Waals surface area (Å²) in [6, 6.07) is 0. The molecule has 0 aromatic rings. The van der Waals surface area contributed by atoms with Gasteiger partial charge in [0.05, 0.1) is 0 Å². The van der Waals surface area contributed by atoms with Crippen LogP contribution in [-0.2, 0) is 7.47 Å². The van der Waals surface area contributed by atoms with E-state index in [9.17, 15) is 3.74 Å². The van der Waals surface area contributed by atoms with Crippen LogP contribution in [0.4, 0.5) is 0 Å². The van der Waals surface area contributed by atoms with Crippen molar-refractivity contribution in [1.29, 1.82) is 0 Å². The first-order chi connectivity index (χ1) is 3.63. The third-order valence-corrected chi connectivity index (χ3v) is 1.92. The molecule has 2 nitrogen and oxygen atoms in total. The summed E-state index contributed by atoms with van der Waals surface area (Å²) in [5.74, 6) is 0.421. The Hall–Kier alpha value is 0.608. The maximum atomic E-state index is 10.1. The van der Waals surface area contributed by atoms with Gasteiger partial charge in [-0.05, 0) is 0 Å². The van der Waals surface area contributed by atoms with E-state index in [-0.39, 0.29) is 0 Å². The number of hydrogen-bond acceptors (Lipinski definition) is 2. The predicted octanol–water partition coefficient (Wildman–Crippen LogP) is 1.05. The van der Waals surface area contributed by atoms with Crippen LogP contribution in [0, 0.1) is 5.92 Å². The second kappa shape index (κ2) is 4.48. The van der Waals surface area contributed by atoms with Crippen molar-refractivity contribution < 1.29 is 7.47 Å². The fourth-order valence-electron chi connectivity index (χ4n) is 0.232. The molecule has 0 fully saturated rings. The maximum absolute atomic E-state index is 10.1. The van der Waals surface area contributed by atoms with Crippen molar-refractivity contribution in [2.75, 3.05) is 6.61 Å². The number of halogens is 1. The first-order valence-electron chi connectivity index (χ1n) is 2.45. The quantitative estimate of drug-likeness (QED) is 0.637. The molecule has 8 heavy (non-hydrogen) atoms. The van der Waals surface area contributed by atoms with Crippen LogP contribution in [0.1, 0.15) is 13.8 Å². The average Bonchev–Trinajstić information content (AvgIpc) is 1.61. The van der Waals surface area contributed by atoms with E-state index in [0.717, 1.165) is 0 Å². The fourth-order valence-corrected chi connectivity index (χ4v) is 1.53. The van der Waals surface area contributed by atoms with E-state index in [1.54, 1.807) is 0 Å². The minimum atomic E-state index is -2.73. The van der Waals surface area contributed by atoms with E-state index >= 15 is 0 Å². The molecule has 0 rings (SSSR count). The van der Waals surface area contributed by atoms with Crippen molar-refractivity contribution in [2.45, 2.75) is 13.8 Å². The summed E-state index contributed by atoms with van der Waals surface area (Å²) in [4.78, 5) is 0. The summed E-state index contributed by atoms with van der Waals surface area (Å²) < 4.78 is 14.8. The molecule has 0 aliphatic carbocycles. The molecule has 0 N–H and O–H groups in total. The van der Waals surface area contributed by atoms with Crippen LogP contribution < -0.4 is 0 Å². The van der Waals surface area contributed by atoms with Gasteiger partial charge in [0.25, 0.3) is 0 Å². The molecule has 0 radical (unpaired) electrons. The van der Waals surface area contributed by atoms with Gasteiger partial charge in [-0.15, -0.1) is 0 Å². The van der Waals surface area contributed by atoms with Crippen LogP contribution in [0.3, 0.4) is 0 Å². The molecule has 4 heteroatoms. The van der Waals surface area contributed by atoms with Gasteiger partial charge in [-0.25, -0.2) is 0 Å². The Kier molecular flexibility index (Phi) is 4.82. The Bertz CT molecular complexity index is 84.1. The fraction of sp³-hybridized carbons (Fsp3) is 1.00. The van der Waals surface area contributed by atoms with E-state index < -0.39 is 14.0 Å². The molecule has 1 atom stereocenters. The van der Waals surface area contributed by atoms with E-state index in [1.807, 2.05) is 13.8 Å². The Balaban J connectivity index is 3.05. The van der Waals surface area contributed by atoms with Crippen molar-refractivity contribution in [2.24, 2.45) is 5.92 Å². The summed E-state index contributed by atoms with van der Waals surface area (Å²) in [6.07, 6.45) is 0. The molecule has 0 amide bonds. The summed E-state index contributed by atoms with van der Waals surface area (Å²) in [7, 11) is 5.11. The molecule has 0 spiro atoms. The molecule has 1 unspecified atom stereocenters. The van der Waals surface area contributed by atoms with E-state index in [2.05, 4.69) is 3.73 Å². The van der Waals surface area contributed by atoms with Crippen molar-refractivity contribution >= 4 is 23.9 Å². The van der Waals surface area contributed by atoms with Crippen LogP contribution in [-0.4, -0.2) is 20.6 Å². The first-order valence-corrected chi connectivity index (χ1v) is 6.92. The zero-order valence-electron chi connectivity index (χ0n) is 4.98. The van der Waals surface area contributed by atoms with Crippen molar-refractivity contribution in [1.82, 2.24) is 0 Å². The normalized spacial score (nSPS) is 14.5. The third-order valence-electron chi connectivity index (χ3n) is 0.530. The van der Waals surface area contributed by atoms with Gasteiger partial charge in [-0.1, -0.05) is 0 Å². The van der Waals surface area contributed by atoms with E-state index in [1.165, 1.54) is 0 Å². The van der Waals surface area contributed by atoms with Gasteiger partial charge in [-0.2, -0.15) is 0 Å². The van der Waals surface area contributed by atoms with E-state index in [4.69, 9.17) is 9.95 Å². The third kappa shape index (κ3) is 6.61. The molecule has 0 saturated heterocycles. The molecule has 50 valence electrons. The summed E-state index contributed by atoms with van der Waals surface area (Å²) in [5.41, 5.74) is 0. The van der Waals surface area contributed by atoms with Crippen molar-refractivity contribution in [3.05, 3.63) is 0 Å². The van der Waals surface area contributed by atoms with Crippen LogP contribution in [0.25, 0.3) is 0 Å². The van der Waals surface area contributed by atoms with Gasteiger partial charge in [0.15, 0.2) is 0 Å². The van der Waals surface area contributed by atoms with Crippen molar-refractivity contribution in [3.8, 4) is 0 Å². The second-order valence-corrected chi connectivity index (χ2v) is 5.15. The van der Waals surface area contributed by atoms with Gasteiger partial charge >= 0.3 is 57.8 Å². The summed E-state index contributed by atoms with van der Waals surface area (Å²) in [6.45, 7) is 4.48. The van der Waals surface area contributed by atoms with Crippen LogP contribution in [0.2, 0.25) is 0 Å². The Morgan fingerprint density at radius 2 is 2.25 bits per heavy atom. The molecule has 0 heterocycles. The minimum absolute atomic E-state index is 0.421. The number of rotatable bonds is 3. The molecule has 0 bridgehead atoms. The van der Waals surface area contributed by atoms with Gasteiger partial charge in [0.1, 0.15) is 0 Å². The number of hydrogen-bond donors (Lipinski definition) is 0. The zero-order chi connectivity index (χ0) is 6.57. The van der Waals surface area contributed by atoms with Gasteiger partial charge in [-0.3, -0.25) is 0 Å². The molecular formula is C4H10AsClO2. The topological polar surface area (TPSA) is 26.3 Å².